The molecule has 440 valence electrons. The molecule has 0 bridgehead atoms. The molecule has 14 nitrogen and oxygen atoms in total. The van der Waals surface area contributed by atoms with Crippen molar-refractivity contribution in [2.45, 2.75) is 114 Å². The van der Waals surface area contributed by atoms with E-state index in [-0.39, 0.29) is 35.6 Å². The number of aryl methyl sites for hydroxylation is 6. The summed E-state index contributed by atoms with van der Waals surface area (Å²) >= 11 is 0. The molecule has 0 saturated carbocycles. The molecule has 0 radical (unpaired) electrons. The van der Waals surface area contributed by atoms with Gasteiger partial charge in [0.15, 0.2) is 11.6 Å². The van der Waals surface area contributed by atoms with E-state index in [0.717, 1.165) is 109 Å². The van der Waals surface area contributed by atoms with Crippen LogP contribution >= 0.6 is 0 Å². The molecule has 0 fully saturated rings. The van der Waals surface area contributed by atoms with Crippen molar-refractivity contribution in [3.8, 4) is 0 Å². The van der Waals surface area contributed by atoms with Gasteiger partial charge in [0.25, 0.3) is 5.91 Å². The number of aromatic nitrogens is 2. The van der Waals surface area contributed by atoms with Gasteiger partial charge < -0.3 is 39.6 Å². The minimum absolute atomic E-state index is 0.0400. The Morgan fingerprint density at radius 3 is 1.30 bits per heavy atom. The number of carbonyl (C=O) groups excluding carboxylic acids is 5. The fourth-order valence-corrected chi connectivity index (χ4v) is 13.0. The van der Waals surface area contributed by atoms with Crippen molar-refractivity contribution < 1.29 is 38.3 Å². The Balaban J connectivity index is 0.930. The predicted octanol–water partition coefficient (Wildman–Crippen LogP) is 14.0. The van der Waals surface area contributed by atoms with E-state index < -0.39 is 17.9 Å². The number of hydroxylamine groups is 2. The van der Waals surface area contributed by atoms with Gasteiger partial charge in [-0.1, -0.05) is 96.1 Å². The summed E-state index contributed by atoms with van der Waals surface area (Å²) in [7, 11) is 0. The Labute approximate surface area is 501 Å². The smallest absolute Gasteiger partial charge is 0.329 e. The van der Waals surface area contributed by atoms with Crippen molar-refractivity contribution in [2.24, 2.45) is 0 Å². The highest BCUT2D eigenvalue weighted by atomic mass is 16.7. The van der Waals surface area contributed by atoms with Crippen LogP contribution in [0.5, 0.6) is 0 Å². The first kappa shape index (κ1) is 60.0. The first-order valence-corrected chi connectivity index (χ1v) is 29.4. The van der Waals surface area contributed by atoms with Crippen LogP contribution in [0.3, 0.4) is 0 Å². The van der Waals surface area contributed by atoms with Crippen LogP contribution < -0.4 is 5.32 Å². The summed E-state index contributed by atoms with van der Waals surface area (Å²) in [4.78, 5) is 71.2. The van der Waals surface area contributed by atoms with Crippen LogP contribution in [0.2, 0.25) is 0 Å². The number of carbonyl (C=O) groups is 5. The number of benzene rings is 8. The molecule has 0 aliphatic heterocycles. The lowest BCUT2D eigenvalue weighted by Gasteiger charge is -2.25. The lowest BCUT2D eigenvalue weighted by atomic mass is 9.89. The van der Waals surface area contributed by atoms with Crippen LogP contribution in [0.25, 0.3) is 65.2 Å². The third-order valence-corrected chi connectivity index (χ3v) is 16.4. The van der Waals surface area contributed by atoms with Crippen LogP contribution in [0.15, 0.2) is 121 Å². The summed E-state index contributed by atoms with van der Waals surface area (Å²) in [5.41, 5.74) is 14.1. The van der Waals surface area contributed by atoms with Crippen LogP contribution in [-0.4, -0.2) is 93.5 Å². The summed E-state index contributed by atoms with van der Waals surface area (Å²) in [6, 6.07) is 39.3. The van der Waals surface area contributed by atoms with E-state index in [1.165, 1.54) is 20.8 Å². The molecule has 10 rings (SSSR count). The molecule has 86 heavy (non-hydrogen) atoms. The van der Waals surface area contributed by atoms with Gasteiger partial charge in [0.05, 0.1) is 43.5 Å². The first-order valence-electron chi connectivity index (χ1n) is 29.4. The summed E-state index contributed by atoms with van der Waals surface area (Å²) in [5.74, 6) is -1.32. The normalized spacial score (nSPS) is 12.4. The highest BCUT2D eigenvalue weighted by Gasteiger charge is 2.27. The monoisotopic (exact) mass is 1150 g/mol. The van der Waals surface area contributed by atoms with Crippen molar-refractivity contribution in [3.63, 3.8) is 0 Å². The van der Waals surface area contributed by atoms with Crippen LogP contribution in [0.1, 0.15) is 124 Å². The van der Waals surface area contributed by atoms with Crippen LogP contribution in [0.4, 0.5) is 0 Å². The van der Waals surface area contributed by atoms with E-state index in [1.54, 1.807) is 6.92 Å². The van der Waals surface area contributed by atoms with E-state index in [1.807, 2.05) is 146 Å². The van der Waals surface area contributed by atoms with E-state index in [4.69, 9.17) is 19.7 Å². The SMILES string of the molecule is CC(=O)NC(C)CC(=N)c1ccc2c(c1)c1cc(C(=O)c3c(C)cc(C)cc3C)c3ccccc3c1n2CCOCCOCCn1c2ccc(C(=N)CC(C)N(OC(C)=O)C(C)=O)cc2c2cc(C(=O)c3c(C)cc(C)cc3C)c3ccccc3c21. The average Bonchev–Trinajstić information content (AvgIpc) is 1.95. The fourth-order valence-electron chi connectivity index (χ4n) is 13.0. The third kappa shape index (κ3) is 11.8. The molecule has 2 unspecified atom stereocenters. The first-order chi connectivity index (χ1) is 41.1. The summed E-state index contributed by atoms with van der Waals surface area (Å²) < 4.78 is 17.2. The molecule has 0 spiro atoms. The largest absolute Gasteiger partial charge is 0.377 e. The number of rotatable bonds is 21. The summed E-state index contributed by atoms with van der Waals surface area (Å²) in [6.07, 6.45) is 0.471. The van der Waals surface area contributed by atoms with Crippen molar-refractivity contribution >= 4 is 106 Å². The maximum atomic E-state index is 14.9. The molecule has 14 heteroatoms. The molecule has 0 aliphatic carbocycles. The summed E-state index contributed by atoms with van der Waals surface area (Å²) in [5, 5.41) is 29.3. The van der Waals surface area contributed by atoms with Gasteiger partial charge >= 0.3 is 5.97 Å². The van der Waals surface area contributed by atoms with E-state index >= 15 is 0 Å². The van der Waals surface area contributed by atoms with Gasteiger partial charge in [0.1, 0.15) is 0 Å². The second kappa shape index (κ2) is 24.8. The molecule has 10 aromatic rings. The Hall–Kier alpha value is -9.11. The van der Waals surface area contributed by atoms with Gasteiger partial charge in [0, 0.05) is 130 Å². The van der Waals surface area contributed by atoms with Gasteiger partial charge in [0.2, 0.25) is 5.91 Å². The summed E-state index contributed by atoms with van der Waals surface area (Å²) in [6.45, 7) is 22.0. The van der Waals surface area contributed by atoms with Crippen molar-refractivity contribution in [1.29, 1.82) is 10.8 Å². The zero-order valence-corrected chi connectivity index (χ0v) is 51.0. The number of nitrogens with one attached hydrogen (secondary N) is 3. The number of ketones is 2. The molecule has 0 saturated heterocycles. The minimum Gasteiger partial charge on any atom is -0.377 e. The standard InChI is InChI=1S/C72H74N6O8/c1-40-30-42(3)67(43(4)31-40)71(82)61-38-59-57-36-51(63(73)34-46(7)75-48(9)79)20-22-65(57)76(69(59)55-18-14-12-16-53(55)61)24-26-84-28-29-85-27-25-77-66-23-21-52(64(74)35-47(8)78(49(10)80)86-50(11)81)37-58(66)60-39-62(54-17-13-15-19-56(54)70(60)77)72(83)68-44(5)32-41(2)33-45(68)6/h12-23,30-33,36-39,46-47,73-74H,24-29,34-35H2,1-11H3,(H,75,79). The molecule has 8 aromatic carbocycles. The Morgan fingerprint density at radius 1 is 0.500 bits per heavy atom. The van der Waals surface area contributed by atoms with Crippen LogP contribution in [-0.2, 0) is 41.8 Å². The molecule has 2 heterocycles. The molecular weight excluding hydrogens is 1080 g/mol. The van der Waals surface area contributed by atoms with Gasteiger partial charge in [-0.15, -0.1) is 0 Å². The second-order valence-corrected chi connectivity index (χ2v) is 23.2. The topological polar surface area (TPSA) is 186 Å². The van der Waals surface area contributed by atoms with Crippen molar-refractivity contribution in [2.75, 3.05) is 26.4 Å². The molecule has 3 N–H and O–H groups in total. The Morgan fingerprint density at radius 2 is 0.907 bits per heavy atom. The maximum Gasteiger partial charge on any atom is 0.329 e. The molecule has 2 atom stereocenters. The average molecular weight is 1150 g/mol. The lowest BCUT2D eigenvalue weighted by molar-refractivity contribution is -0.202. The molecule has 2 amide bonds. The molecule has 0 aliphatic rings. The zero-order valence-electron chi connectivity index (χ0n) is 51.0. The van der Waals surface area contributed by atoms with E-state index in [9.17, 15) is 29.4 Å². The Bertz CT molecular complexity index is 4400. The van der Waals surface area contributed by atoms with Gasteiger partial charge in [-0.2, -0.15) is 5.06 Å². The lowest BCUT2D eigenvalue weighted by Crippen LogP contribution is -2.39. The number of nitrogens with zero attached hydrogens (tertiary/aromatic N) is 3. The molecule has 2 aromatic heterocycles. The fraction of sp³-hybridized carbons (Fsp3) is 0.292. The third-order valence-electron chi connectivity index (χ3n) is 16.4. The minimum atomic E-state index is -0.625. The van der Waals surface area contributed by atoms with Gasteiger partial charge in [-0.05, 0) is 136 Å². The number of ether oxygens (including phenoxy) is 2. The zero-order chi connectivity index (χ0) is 61.4. The predicted molar refractivity (Wildman–Crippen MR) is 344 cm³/mol. The van der Waals surface area contributed by atoms with E-state index in [2.05, 4.69) is 38.7 Å². The number of amides is 2. The van der Waals surface area contributed by atoms with Gasteiger partial charge in [-0.25, -0.2) is 0 Å². The van der Waals surface area contributed by atoms with Gasteiger partial charge in [-0.3, -0.25) is 24.0 Å². The Kier molecular flexibility index (Phi) is 17.3. The second-order valence-electron chi connectivity index (χ2n) is 23.2. The quantitative estimate of drug-likeness (QED) is 0.0274. The highest BCUT2D eigenvalue weighted by molar-refractivity contribution is 6.28. The highest BCUT2D eigenvalue weighted by Crippen LogP contribution is 2.41. The van der Waals surface area contributed by atoms with E-state index in [0.29, 0.717) is 79.5 Å². The maximum absolute atomic E-state index is 14.9. The number of hydrogen-bond acceptors (Lipinski definition) is 10. The van der Waals surface area contributed by atoms with Crippen molar-refractivity contribution in [3.05, 3.63) is 188 Å². The van der Waals surface area contributed by atoms with Crippen LogP contribution in [0, 0.1) is 52.4 Å². The number of hydrogen-bond donors (Lipinski definition) is 3. The van der Waals surface area contributed by atoms with Crippen molar-refractivity contribution in [1.82, 2.24) is 19.5 Å². The molecular formula is C72H74N6O8. The number of fused-ring (bicyclic) bond motifs is 10.